The molecule has 4 aromatic carbocycles. The number of benzene rings is 4. The van der Waals surface area contributed by atoms with Gasteiger partial charge in [0.05, 0.1) is 0 Å². The van der Waals surface area contributed by atoms with Crippen molar-refractivity contribution in [1.29, 1.82) is 0 Å². The molecule has 0 fully saturated rings. The van der Waals surface area contributed by atoms with E-state index in [0.717, 1.165) is 10.9 Å². The van der Waals surface area contributed by atoms with Crippen LogP contribution >= 0.6 is 22.2 Å². The van der Waals surface area contributed by atoms with Gasteiger partial charge in [0, 0.05) is 0 Å². The molecule has 366 valence electrons. The van der Waals surface area contributed by atoms with E-state index in [1.165, 1.54) is 92.9 Å². The van der Waals surface area contributed by atoms with Gasteiger partial charge in [0.25, 0.3) is 0 Å². The standard InChI is InChI=1S/C54H74Cl2N4Si.C6H14/c1-33(2)41-21-17-22-42(34(3)4)49(41)57-29-30-58(50-43(35(5)6)23-18-24-44(50)36(7)8)53(57)61(55,56)54-59(51-45(37(9)10)25-19-26-46(51)38(11)12)31-32-60(54)52-47(39(13)14)27-20-28-48(52)40(15)16;1-3-5-6-4-2/h17-40H,61H2,1-16H3;3-6H2,1-2H3. The summed E-state index contributed by atoms with van der Waals surface area (Å²) in [5, 5.41) is 0. The third kappa shape index (κ3) is 11.3. The maximum atomic E-state index is 8.82. The summed E-state index contributed by atoms with van der Waals surface area (Å²) in [6, 6.07) is 27.2. The van der Waals surface area contributed by atoms with Crippen molar-refractivity contribution in [2.24, 2.45) is 0 Å². The van der Waals surface area contributed by atoms with Gasteiger partial charge in [-0.25, -0.2) is 0 Å². The molecular formula is C60H88Cl2N4Si. The Morgan fingerprint density at radius 3 is 0.821 bits per heavy atom. The Kier molecular flexibility index (Phi) is 18.7. The minimum absolute atomic E-state index is 0.270. The fourth-order valence-electron chi connectivity index (χ4n) is 10.3. The second-order valence-corrected chi connectivity index (χ2v) is 30.3. The topological polar surface area (TPSA) is 17.6 Å². The summed E-state index contributed by atoms with van der Waals surface area (Å²) in [5.41, 5.74) is 17.0. The second-order valence-electron chi connectivity index (χ2n) is 21.8. The van der Waals surface area contributed by atoms with E-state index in [1.807, 2.05) is 0 Å². The zero-order valence-corrected chi connectivity index (χ0v) is 47.9. The molecule has 0 radical (unpaired) electrons. The van der Waals surface area contributed by atoms with Crippen molar-refractivity contribution in [2.45, 2.75) is 198 Å². The maximum Gasteiger partial charge on any atom is -0.0536 e. The SMILES string of the molecule is CC(C)c1cccc(C(C)C)c1-n1cc[n+](-c2c(C(C)C)cccc2C(C)C)c1[SiH2-2](Cl)(Cl)c1n(-c2c(C(C)C)cccc2C(C)C)cc[n+]1-c1c(C(C)C)cccc1C(C)C.CCCCCC. The fourth-order valence-corrected chi connectivity index (χ4v) is 16.5. The summed E-state index contributed by atoms with van der Waals surface area (Å²) in [6.45, 7) is 36.4. The summed E-state index contributed by atoms with van der Waals surface area (Å²) in [7, 11) is 0. The molecule has 67 heavy (non-hydrogen) atoms. The quantitative estimate of drug-likeness (QED) is 0.0375. The normalized spacial score (nSPS) is 12.5. The number of hydrogen-bond donors (Lipinski definition) is 0. The predicted octanol–water partition coefficient (Wildman–Crippen LogP) is 15.9. The van der Waals surface area contributed by atoms with Gasteiger partial charge >= 0.3 is 381 Å². The van der Waals surface area contributed by atoms with Crippen LogP contribution < -0.4 is 20.0 Å². The van der Waals surface area contributed by atoms with Crippen molar-refractivity contribution in [3.63, 3.8) is 0 Å². The number of halogens is 2. The smallest absolute Gasteiger partial charge is 0.0536 e. The minimum Gasteiger partial charge on any atom is -0.0654 e. The molecule has 0 saturated carbocycles. The molecule has 6 rings (SSSR count). The van der Waals surface area contributed by atoms with Crippen LogP contribution in [-0.2, 0) is 0 Å². The summed E-state index contributed by atoms with van der Waals surface area (Å²) >= 11 is 17.6. The molecular weight excluding hydrogens is 876 g/mol. The van der Waals surface area contributed by atoms with E-state index < -0.39 is 6.69 Å². The van der Waals surface area contributed by atoms with Gasteiger partial charge in [0.15, 0.2) is 0 Å². The largest absolute Gasteiger partial charge is 0.0654 e. The van der Waals surface area contributed by atoms with Crippen LogP contribution in [0.15, 0.2) is 97.6 Å². The third-order valence-corrected chi connectivity index (χ3v) is 19.7. The number of nitrogens with zero attached hydrogens (tertiary/aromatic N) is 4. The average molecular weight is 964 g/mol. The molecule has 6 aromatic rings. The van der Waals surface area contributed by atoms with Crippen molar-refractivity contribution in [1.82, 2.24) is 9.13 Å². The first-order chi connectivity index (χ1) is 31.6. The van der Waals surface area contributed by atoms with Crippen molar-refractivity contribution in [2.75, 3.05) is 0 Å². The van der Waals surface area contributed by atoms with Crippen LogP contribution in [0.2, 0.25) is 0 Å². The number of para-hydroxylation sites is 4. The number of hydrogen-bond acceptors (Lipinski definition) is 0. The Bertz CT molecular complexity index is 2120. The van der Waals surface area contributed by atoms with E-state index in [4.69, 9.17) is 22.2 Å². The van der Waals surface area contributed by atoms with E-state index in [-0.39, 0.29) is 47.3 Å². The summed E-state index contributed by atoms with van der Waals surface area (Å²) in [4.78, 5) is 0. The Hall–Kier alpha value is -3.90. The monoisotopic (exact) mass is 963 g/mol. The molecule has 0 saturated heterocycles. The molecule has 0 unspecified atom stereocenters. The van der Waals surface area contributed by atoms with Crippen LogP contribution in [0.1, 0.15) is 242 Å². The summed E-state index contributed by atoms with van der Waals surface area (Å²) in [6.07, 6.45) is 14.6. The molecule has 0 bridgehead atoms. The maximum absolute atomic E-state index is 8.82. The van der Waals surface area contributed by atoms with Crippen LogP contribution in [-0.4, -0.2) is 15.8 Å². The van der Waals surface area contributed by atoms with Crippen molar-refractivity contribution in [3.05, 3.63) is 142 Å². The van der Waals surface area contributed by atoms with Gasteiger partial charge < -0.3 is 0 Å². The molecule has 0 amide bonds. The first-order valence-corrected chi connectivity index (χ1v) is 31.9. The molecule has 0 aliphatic carbocycles. The summed E-state index contributed by atoms with van der Waals surface area (Å²) < 4.78 is 9.69. The fraction of sp³-hybridized carbons (Fsp3) is 0.500. The number of imidazole rings is 2. The molecule has 2 aromatic heterocycles. The first-order valence-electron chi connectivity index (χ1n) is 26.2. The second kappa shape index (κ2) is 23.1. The average Bonchev–Trinajstić information content (AvgIpc) is 3.93. The van der Waals surface area contributed by atoms with Gasteiger partial charge in [-0.15, -0.1) is 0 Å². The van der Waals surface area contributed by atoms with Crippen molar-refractivity contribution in [3.8, 4) is 22.7 Å². The van der Waals surface area contributed by atoms with Crippen LogP contribution in [0.4, 0.5) is 0 Å². The van der Waals surface area contributed by atoms with Crippen LogP contribution in [0.25, 0.3) is 22.7 Å². The zero-order valence-electron chi connectivity index (χ0n) is 44.9. The Labute approximate surface area is 418 Å². The Morgan fingerprint density at radius 2 is 0.612 bits per heavy atom. The zero-order chi connectivity index (χ0) is 49.7. The molecule has 7 heteroatoms. The molecule has 0 aliphatic rings. The van der Waals surface area contributed by atoms with Crippen LogP contribution in [0.3, 0.4) is 0 Å². The van der Waals surface area contributed by atoms with Crippen LogP contribution in [0, 0.1) is 0 Å². The van der Waals surface area contributed by atoms with Gasteiger partial charge in [0.2, 0.25) is 0 Å². The third-order valence-electron chi connectivity index (χ3n) is 13.9. The van der Waals surface area contributed by atoms with E-state index in [9.17, 15) is 0 Å². The molecule has 4 nitrogen and oxygen atoms in total. The van der Waals surface area contributed by atoms with E-state index in [2.05, 4.69) is 240 Å². The number of aromatic nitrogens is 4. The number of unbranched alkanes of at least 4 members (excludes halogenated alkanes) is 3. The van der Waals surface area contributed by atoms with Crippen LogP contribution in [0.5, 0.6) is 0 Å². The summed E-state index contributed by atoms with van der Waals surface area (Å²) in [5.74, 6) is 2.16. The minimum atomic E-state index is -4.84. The van der Waals surface area contributed by atoms with Gasteiger partial charge in [-0.05, 0) is 0 Å². The number of rotatable bonds is 17. The van der Waals surface area contributed by atoms with E-state index in [1.54, 1.807) is 0 Å². The molecule has 0 aliphatic heterocycles. The first kappa shape index (κ1) is 54.0. The molecule has 0 atom stereocenters. The van der Waals surface area contributed by atoms with Gasteiger partial charge in [-0.3, -0.25) is 0 Å². The Balaban J connectivity index is 0.00000131. The molecule has 0 N–H and O–H groups in total. The van der Waals surface area contributed by atoms with E-state index >= 15 is 0 Å². The van der Waals surface area contributed by atoms with Gasteiger partial charge in [-0.1, -0.05) is 39.5 Å². The van der Waals surface area contributed by atoms with E-state index in [0.29, 0.717) is 0 Å². The predicted molar refractivity (Wildman–Crippen MR) is 297 cm³/mol. The van der Waals surface area contributed by atoms with Crippen molar-refractivity contribution >= 4 is 39.7 Å². The van der Waals surface area contributed by atoms with Gasteiger partial charge in [0.1, 0.15) is 0 Å². The molecule has 0 spiro atoms. The van der Waals surface area contributed by atoms with Gasteiger partial charge in [-0.2, -0.15) is 0 Å². The Morgan fingerprint density at radius 1 is 0.388 bits per heavy atom. The van der Waals surface area contributed by atoms with Crippen molar-refractivity contribution < 1.29 is 9.13 Å². The molecule has 2 heterocycles.